The first kappa shape index (κ1) is 16.8. The van der Waals surface area contributed by atoms with Gasteiger partial charge in [0.15, 0.2) is 0 Å². The highest BCUT2D eigenvalue weighted by Gasteiger charge is 2.35. The molecule has 0 spiro atoms. The number of halogens is 1. The van der Waals surface area contributed by atoms with Crippen LogP contribution in [0.25, 0.3) is 0 Å². The van der Waals surface area contributed by atoms with Gasteiger partial charge in [-0.1, -0.05) is 48.7 Å². The minimum atomic E-state index is 0.0156. The van der Waals surface area contributed by atoms with Gasteiger partial charge in [0.2, 0.25) is 5.91 Å². The number of carbonyl (C=O) groups excluding carboxylic acids is 1. The first-order valence-electron chi connectivity index (χ1n) is 8.45. The number of nitrogens with two attached hydrogens (primary N) is 1. The van der Waals surface area contributed by atoms with E-state index < -0.39 is 0 Å². The summed E-state index contributed by atoms with van der Waals surface area (Å²) in [6, 6.07) is 15.5. The second-order valence-electron chi connectivity index (χ2n) is 6.69. The molecule has 1 fully saturated rings. The van der Waals surface area contributed by atoms with E-state index in [2.05, 4.69) is 11.4 Å². The lowest BCUT2D eigenvalue weighted by molar-refractivity contribution is -0.120. The maximum absolute atomic E-state index is 12.3. The van der Waals surface area contributed by atoms with Gasteiger partial charge < -0.3 is 11.1 Å². The van der Waals surface area contributed by atoms with E-state index in [-0.39, 0.29) is 11.3 Å². The fourth-order valence-electron chi connectivity index (χ4n) is 3.59. The number of anilines is 1. The van der Waals surface area contributed by atoms with Gasteiger partial charge in [0.1, 0.15) is 0 Å². The van der Waals surface area contributed by atoms with Gasteiger partial charge in [0, 0.05) is 22.7 Å². The van der Waals surface area contributed by atoms with Crippen molar-refractivity contribution < 1.29 is 4.79 Å². The number of benzene rings is 2. The van der Waals surface area contributed by atoms with Gasteiger partial charge in [-0.3, -0.25) is 4.79 Å². The fourth-order valence-corrected chi connectivity index (χ4v) is 3.78. The van der Waals surface area contributed by atoms with Crippen LogP contribution in [0.5, 0.6) is 0 Å². The average Bonchev–Trinajstić information content (AvgIpc) is 3.05. The first-order valence-corrected chi connectivity index (χ1v) is 8.82. The summed E-state index contributed by atoms with van der Waals surface area (Å²) < 4.78 is 0. The molecule has 3 rings (SSSR count). The van der Waals surface area contributed by atoms with Crippen molar-refractivity contribution in [1.29, 1.82) is 0 Å². The second-order valence-corrected chi connectivity index (χ2v) is 7.13. The quantitative estimate of drug-likeness (QED) is 0.804. The normalized spacial score (nSPS) is 16.0. The van der Waals surface area contributed by atoms with E-state index >= 15 is 0 Å². The van der Waals surface area contributed by atoms with Crippen LogP contribution in [0.1, 0.15) is 36.8 Å². The van der Waals surface area contributed by atoms with E-state index in [1.807, 2.05) is 42.5 Å². The zero-order valence-electron chi connectivity index (χ0n) is 13.7. The predicted octanol–water partition coefficient (Wildman–Crippen LogP) is 4.09. The van der Waals surface area contributed by atoms with Gasteiger partial charge in [0.25, 0.3) is 0 Å². The Kier molecular flexibility index (Phi) is 5.10. The van der Waals surface area contributed by atoms with E-state index in [0.717, 1.165) is 23.4 Å². The van der Waals surface area contributed by atoms with Gasteiger partial charge in [0.05, 0.1) is 6.42 Å². The highest BCUT2D eigenvalue weighted by atomic mass is 35.5. The van der Waals surface area contributed by atoms with Crippen molar-refractivity contribution in [2.24, 2.45) is 0 Å². The SMILES string of the molecule is Nc1ccc(CC(=O)NCC2(c3cccc(Cl)c3)CCCC2)cc1. The third kappa shape index (κ3) is 3.90. The second kappa shape index (κ2) is 7.27. The number of carbonyl (C=O) groups is 1. The Hall–Kier alpha value is -2.00. The summed E-state index contributed by atoms with van der Waals surface area (Å²) in [4.78, 5) is 12.3. The van der Waals surface area contributed by atoms with Gasteiger partial charge in [-0.2, -0.15) is 0 Å². The van der Waals surface area contributed by atoms with Crippen LogP contribution in [-0.4, -0.2) is 12.5 Å². The summed E-state index contributed by atoms with van der Waals surface area (Å²) in [6.07, 6.45) is 4.96. The topological polar surface area (TPSA) is 55.1 Å². The van der Waals surface area contributed by atoms with E-state index in [0.29, 0.717) is 18.7 Å². The van der Waals surface area contributed by atoms with Gasteiger partial charge >= 0.3 is 0 Å². The third-order valence-electron chi connectivity index (χ3n) is 4.97. The summed E-state index contributed by atoms with van der Waals surface area (Å²) in [5, 5.41) is 3.89. The lowest BCUT2D eigenvalue weighted by atomic mass is 9.79. The molecular formula is C20H23ClN2O. The van der Waals surface area contributed by atoms with Gasteiger partial charge in [-0.15, -0.1) is 0 Å². The highest BCUT2D eigenvalue weighted by Crippen LogP contribution is 2.41. The molecular weight excluding hydrogens is 320 g/mol. The molecule has 1 aliphatic rings. The summed E-state index contributed by atoms with van der Waals surface area (Å²) in [6.45, 7) is 0.668. The van der Waals surface area contributed by atoms with Gasteiger partial charge in [-0.25, -0.2) is 0 Å². The molecule has 0 aliphatic heterocycles. The molecule has 0 bridgehead atoms. The van der Waals surface area contributed by atoms with Crippen LogP contribution < -0.4 is 11.1 Å². The summed E-state index contributed by atoms with van der Waals surface area (Å²) in [5.74, 6) is 0.0491. The zero-order chi connectivity index (χ0) is 17.0. The Labute approximate surface area is 148 Å². The summed E-state index contributed by atoms with van der Waals surface area (Å²) in [5.41, 5.74) is 8.62. The van der Waals surface area contributed by atoms with Crippen molar-refractivity contribution in [3.05, 3.63) is 64.7 Å². The number of hydrogen-bond acceptors (Lipinski definition) is 2. The molecule has 0 aromatic heterocycles. The Bertz CT molecular complexity index is 706. The van der Waals surface area contributed by atoms with E-state index in [1.54, 1.807) is 0 Å². The fraction of sp³-hybridized carbons (Fsp3) is 0.350. The number of hydrogen-bond donors (Lipinski definition) is 2. The molecule has 1 amide bonds. The van der Waals surface area contributed by atoms with Crippen molar-refractivity contribution in [3.63, 3.8) is 0 Å². The number of rotatable bonds is 5. The van der Waals surface area contributed by atoms with Crippen LogP contribution in [0, 0.1) is 0 Å². The van der Waals surface area contributed by atoms with Crippen LogP contribution in [0.3, 0.4) is 0 Å². The average molecular weight is 343 g/mol. The molecule has 2 aromatic carbocycles. The minimum Gasteiger partial charge on any atom is -0.399 e. The maximum Gasteiger partial charge on any atom is 0.224 e. The van der Waals surface area contributed by atoms with E-state index in [1.165, 1.54) is 18.4 Å². The lowest BCUT2D eigenvalue weighted by Gasteiger charge is -2.30. The van der Waals surface area contributed by atoms with Crippen molar-refractivity contribution in [1.82, 2.24) is 5.32 Å². The van der Waals surface area contributed by atoms with Crippen molar-refractivity contribution in [2.45, 2.75) is 37.5 Å². The Morgan fingerprint density at radius 1 is 1.12 bits per heavy atom. The van der Waals surface area contributed by atoms with Crippen LogP contribution in [0.4, 0.5) is 5.69 Å². The smallest absolute Gasteiger partial charge is 0.224 e. The van der Waals surface area contributed by atoms with Crippen LogP contribution in [0.15, 0.2) is 48.5 Å². The zero-order valence-corrected chi connectivity index (χ0v) is 14.5. The standard InChI is InChI=1S/C20H23ClN2O/c21-17-5-3-4-16(13-17)20(10-1-2-11-20)14-23-19(24)12-15-6-8-18(22)9-7-15/h3-9,13H,1-2,10-12,14,22H2,(H,23,24). The Morgan fingerprint density at radius 3 is 2.50 bits per heavy atom. The predicted molar refractivity (Wildman–Crippen MR) is 99.2 cm³/mol. The molecule has 0 radical (unpaired) electrons. The van der Waals surface area contributed by atoms with Crippen molar-refractivity contribution >= 4 is 23.2 Å². The van der Waals surface area contributed by atoms with Crippen LogP contribution >= 0.6 is 11.6 Å². The molecule has 24 heavy (non-hydrogen) atoms. The Balaban J connectivity index is 1.66. The number of nitrogens with one attached hydrogen (secondary N) is 1. The van der Waals surface area contributed by atoms with Gasteiger partial charge in [-0.05, 0) is 48.2 Å². The number of amides is 1. The molecule has 0 atom stereocenters. The Morgan fingerprint density at radius 2 is 1.83 bits per heavy atom. The molecule has 0 saturated heterocycles. The first-order chi connectivity index (χ1) is 11.6. The van der Waals surface area contributed by atoms with Crippen LogP contribution in [0.2, 0.25) is 5.02 Å². The molecule has 4 heteroatoms. The molecule has 1 saturated carbocycles. The molecule has 0 heterocycles. The van der Waals surface area contributed by atoms with Crippen LogP contribution in [-0.2, 0) is 16.6 Å². The molecule has 3 nitrogen and oxygen atoms in total. The minimum absolute atomic E-state index is 0.0156. The maximum atomic E-state index is 12.3. The van der Waals surface area contributed by atoms with Crippen molar-refractivity contribution in [3.8, 4) is 0 Å². The third-order valence-corrected chi connectivity index (χ3v) is 5.20. The summed E-state index contributed by atoms with van der Waals surface area (Å²) >= 11 is 6.17. The lowest BCUT2D eigenvalue weighted by Crippen LogP contribution is -2.39. The molecule has 1 aliphatic carbocycles. The molecule has 3 N–H and O–H groups in total. The highest BCUT2D eigenvalue weighted by molar-refractivity contribution is 6.30. The number of nitrogen functional groups attached to an aromatic ring is 1. The van der Waals surface area contributed by atoms with E-state index in [4.69, 9.17) is 17.3 Å². The molecule has 0 unspecified atom stereocenters. The molecule has 126 valence electrons. The van der Waals surface area contributed by atoms with E-state index in [9.17, 15) is 4.79 Å². The van der Waals surface area contributed by atoms with Crippen molar-refractivity contribution in [2.75, 3.05) is 12.3 Å². The summed E-state index contributed by atoms with van der Waals surface area (Å²) in [7, 11) is 0. The molecule has 2 aromatic rings. The monoisotopic (exact) mass is 342 g/mol. The largest absolute Gasteiger partial charge is 0.399 e.